The lowest BCUT2D eigenvalue weighted by molar-refractivity contribution is -0.127. The minimum absolute atomic E-state index is 0.292. The molecule has 0 heterocycles. The molecule has 7 nitrogen and oxygen atoms in total. The van der Waals surface area contributed by atoms with Gasteiger partial charge in [0.2, 0.25) is 11.8 Å². The summed E-state index contributed by atoms with van der Waals surface area (Å²) in [6, 6.07) is 7.64. The largest absolute Gasteiger partial charge is 0.381 e. The van der Waals surface area contributed by atoms with E-state index in [1.165, 1.54) is 6.92 Å². The van der Waals surface area contributed by atoms with E-state index in [0.29, 0.717) is 5.56 Å². The van der Waals surface area contributed by atoms with E-state index < -0.39 is 24.0 Å². The Hall–Kier alpha value is -2.41. The molecule has 1 aromatic rings. The van der Waals surface area contributed by atoms with Crippen molar-refractivity contribution in [3.05, 3.63) is 35.9 Å². The van der Waals surface area contributed by atoms with Crippen LogP contribution in [0.3, 0.4) is 0 Å². The van der Waals surface area contributed by atoms with Gasteiger partial charge in [-0.25, -0.2) is 0 Å². The van der Waals surface area contributed by atoms with E-state index in [1.807, 2.05) is 0 Å². The third-order valence-corrected chi connectivity index (χ3v) is 2.57. The molecule has 2 atom stereocenters. The lowest BCUT2D eigenvalue weighted by atomic mass is 10.2. The van der Waals surface area contributed by atoms with Crippen LogP contribution in [0.15, 0.2) is 30.3 Å². The zero-order valence-corrected chi connectivity index (χ0v) is 11.0. The van der Waals surface area contributed by atoms with Gasteiger partial charge in [-0.3, -0.25) is 14.4 Å². The highest BCUT2D eigenvalue weighted by molar-refractivity contribution is 5.97. The third-order valence-electron chi connectivity index (χ3n) is 2.57. The Bertz CT molecular complexity index is 490. The fourth-order valence-electron chi connectivity index (χ4n) is 1.39. The molecule has 0 radical (unpaired) electrons. The number of aliphatic hydroxyl groups excluding tert-OH is 1. The predicted molar refractivity (Wildman–Crippen MR) is 71.6 cm³/mol. The summed E-state index contributed by atoms with van der Waals surface area (Å²) in [6.45, 7) is 1.20. The van der Waals surface area contributed by atoms with E-state index >= 15 is 0 Å². The predicted octanol–water partition coefficient (Wildman–Crippen LogP) is -1.23. The van der Waals surface area contributed by atoms with Gasteiger partial charge in [-0.15, -0.1) is 0 Å². The fourth-order valence-corrected chi connectivity index (χ4v) is 1.39. The van der Waals surface area contributed by atoms with Gasteiger partial charge in [0.25, 0.3) is 5.91 Å². The molecule has 0 fully saturated rings. The number of aliphatic hydroxyl groups is 1. The van der Waals surface area contributed by atoms with Crippen LogP contribution >= 0.6 is 0 Å². The van der Waals surface area contributed by atoms with E-state index in [2.05, 4.69) is 10.6 Å². The first kappa shape index (κ1) is 15.6. The van der Waals surface area contributed by atoms with Gasteiger partial charge in [0.05, 0.1) is 6.54 Å². The van der Waals surface area contributed by atoms with Gasteiger partial charge in [0.15, 0.2) is 0 Å². The smallest absolute Gasteiger partial charge is 0.251 e. The van der Waals surface area contributed by atoms with E-state index in [9.17, 15) is 14.4 Å². The highest BCUT2D eigenvalue weighted by Gasteiger charge is 2.18. The molecular weight excluding hydrogens is 262 g/mol. The van der Waals surface area contributed by atoms with E-state index in [4.69, 9.17) is 10.8 Å². The Morgan fingerprint density at radius 2 is 1.85 bits per heavy atom. The van der Waals surface area contributed by atoms with Gasteiger partial charge in [0.1, 0.15) is 12.1 Å². The van der Waals surface area contributed by atoms with Crippen LogP contribution in [0.5, 0.6) is 0 Å². The molecule has 0 spiro atoms. The van der Waals surface area contributed by atoms with Crippen molar-refractivity contribution in [2.24, 2.45) is 5.73 Å². The lowest BCUT2D eigenvalue weighted by Crippen LogP contribution is -2.48. The first-order valence-electron chi connectivity index (χ1n) is 6.03. The van der Waals surface area contributed by atoms with Crippen LogP contribution in [0.2, 0.25) is 0 Å². The Morgan fingerprint density at radius 3 is 2.40 bits per heavy atom. The van der Waals surface area contributed by atoms with E-state index in [0.717, 1.165) is 0 Å². The second-order valence-electron chi connectivity index (χ2n) is 4.22. The average molecular weight is 279 g/mol. The fraction of sp³-hybridized carbons (Fsp3) is 0.308. The van der Waals surface area contributed by atoms with E-state index in [-0.39, 0.29) is 12.5 Å². The second-order valence-corrected chi connectivity index (χ2v) is 4.22. The molecule has 0 aliphatic heterocycles. The number of benzene rings is 1. The van der Waals surface area contributed by atoms with E-state index in [1.54, 1.807) is 30.3 Å². The Morgan fingerprint density at radius 1 is 1.25 bits per heavy atom. The maximum absolute atomic E-state index is 11.8. The molecule has 1 aromatic carbocycles. The van der Waals surface area contributed by atoms with Crippen LogP contribution in [0.25, 0.3) is 0 Å². The van der Waals surface area contributed by atoms with Crippen molar-refractivity contribution >= 4 is 17.7 Å². The molecule has 0 aliphatic rings. The van der Waals surface area contributed by atoms with Crippen molar-refractivity contribution in [1.82, 2.24) is 10.6 Å². The van der Waals surface area contributed by atoms with Crippen LogP contribution < -0.4 is 16.4 Å². The van der Waals surface area contributed by atoms with Crippen molar-refractivity contribution in [2.75, 3.05) is 6.54 Å². The van der Waals surface area contributed by atoms with Crippen LogP contribution in [0, 0.1) is 0 Å². The van der Waals surface area contributed by atoms with Crippen molar-refractivity contribution in [3.8, 4) is 0 Å². The standard InChI is InChI=1S/C13H17N3O4/c1-8(12(19)15-7-10(17)11(14)18)16-13(20)9-5-3-2-4-6-9/h2-6,8,10,17H,7H2,1H3,(H2,14,18)(H,15,19)(H,16,20). The number of primary amides is 1. The summed E-state index contributed by atoms with van der Waals surface area (Å²) in [5.41, 5.74) is 5.28. The van der Waals surface area contributed by atoms with Crippen LogP contribution in [-0.4, -0.2) is 41.5 Å². The molecule has 0 aromatic heterocycles. The van der Waals surface area contributed by atoms with Gasteiger partial charge in [-0.05, 0) is 19.1 Å². The molecule has 20 heavy (non-hydrogen) atoms. The second kappa shape index (κ2) is 7.25. The third kappa shape index (κ3) is 4.69. The topological polar surface area (TPSA) is 122 Å². The first-order valence-corrected chi connectivity index (χ1v) is 6.03. The maximum Gasteiger partial charge on any atom is 0.251 e. The Balaban J connectivity index is 2.46. The summed E-state index contributed by atoms with van der Waals surface area (Å²) >= 11 is 0. The summed E-state index contributed by atoms with van der Waals surface area (Å²) in [5.74, 6) is -1.83. The average Bonchev–Trinajstić information content (AvgIpc) is 2.44. The summed E-state index contributed by atoms with van der Waals surface area (Å²) in [6.07, 6.45) is -1.45. The van der Waals surface area contributed by atoms with Crippen molar-refractivity contribution in [2.45, 2.75) is 19.1 Å². The number of carbonyl (C=O) groups excluding carboxylic acids is 3. The van der Waals surface area contributed by atoms with Gasteiger partial charge in [0, 0.05) is 5.56 Å². The molecule has 0 bridgehead atoms. The maximum atomic E-state index is 11.8. The number of rotatable bonds is 6. The molecule has 5 N–H and O–H groups in total. The number of carbonyl (C=O) groups is 3. The zero-order chi connectivity index (χ0) is 15.1. The molecule has 1 rings (SSSR count). The number of nitrogens with one attached hydrogen (secondary N) is 2. The quantitative estimate of drug-likeness (QED) is 0.520. The molecule has 108 valence electrons. The Kier molecular flexibility index (Phi) is 5.67. The van der Waals surface area contributed by atoms with Crippen LogP contribution in [-0.2, 0) is 9.59 Å². The Labute approximate surface area is 116 Å². The molecular formula is C13H17N3O4. The number of hydrogen-bond donors (Lipinski definition) is 4. The number of nitrogens with two attached hydrogens (primary N) is 1. The molecule has 3 amide bonds. The summed E-state index contributed by atoms with van der Waals surface area (Å²) in [5, 5.41) is 14.0. The molecule has 0 saturated heterocycles. The minimum atomic E-state index is -1.45. The van der Waals surface area contributed by atoms with Crippen molar-refractivity contribution in [3.63, 3.8) is 0 Å². The number of hydrogen-bond acceptors (Lipinski definition) is 4. The van der Waals surface area contributed by atoms with Crippen molar-refractivity contribution in [1.29, 1.82) is 0 Å². The molecule has 0 aliphatic carbocycles. The highest BCUT2D eigenvalue weighted by Crippen LogP contribution is 1.98. The monoisotopic (exact) mass is 279 g/mol. The van der Waals surface area contributed by atoms with Crippen LogP contribution in [0.1, 0.15) is 17.3 Å². The summed E-state index contributed by atoms with van der Waals surface area (Å²) in [7, 11) is 0. The van der Waals surface area contributed by atoms with Gasteiger partial charge in [-0.1, -0.05) is 18.2 Å². The molecule has 0 saturated carbocycles. The summed E-state index contributed by atoms with van der Waals surface area (Å²) in [4.78, 5) is 34.0. The highest BCUT2D eigenvalue weighted by atomic mass is 16.3. The molecule has 2 unspecified atom stereocenters. The van der Waals surface area contributed by atoms with Gasteiger partial charge < -0.3 is 21.5 Å². The normalized spacial score (nSPS) is 13.1. The van der Waals surface area contributed by atoms with Gasteiger partial charge in [-0.2, -0.15) is 0 Å². The zero-order valence-electron chi connectivity index (χ0n) is 11.0. The minimum Gasteiger partial charge on any atom is -0.381 e. The van der Waals surface area contributed by atoms with Crippen molar-refractivity contribution < 1.29 is 19.5 Å². The molecule has 7 heteroatoms. The first-order chi connectivity index (χ1) is 9.41. The summed E-state index contributed by atoms with van der Waals surface area (Å²) < 4.78 is 0. The SMILES string of the molecule is CC(NC(=O)c1ccccc1)C(=O)NCC(O)C(N)=O. The van der Waals surface area contributed by atoms with Gasteiger partial charge >= 0.3 is 0 Å². The lowest BCUT2D eigenvalue weighted by Gasteiger charge is -2.15. The number of amides is 3. The van der Waals surface area contributed by atoms with Crippen LogP contribution in [0.4, 0.5) is 0 Å².